The van der Waals surface area contributed by atoms with E-state index in [0.29, 0.717) is 10.3 Å². The van der Waals surface area contributed by atoms with Crippen molar-refractivity contribution in [2.45, 2.75) is 0 Å². The highest BCUT2D eigenvalue weighted by molar-refractivity contribution is 7.45. The molecule has 16 N–H and O–H groups in total. The van der Waals surface area contributed by atoms with Crippen LogP contribution < -0.4 is 31.2 Å². The molecule has 0 fully saturated rings. The number of anilines is 2. The quantitative estimate of drug-likeness (QED) is 0.139. The Balaban J connectivity index is -0.000000360. The average Bonchev–Trinajstić information content (AvgIpc) is 2.99. The maximum absolute atomic E-state index is 8.88. The second kappa shape index (κ2) is 15.3. The Kier molecular flexibility index (Phi) is 17.1. The van der Waals surface area contributed by atoms with Crippen LogP contribution in [0.15, 0.2) is 12.4 Å². The topological polar surface area (TPSA) is 397 Å². The molecule has 0 atom stereocenters. The van der Waals surface area contributed by atoms with Gasteiger partial charge in [-0.15, -0.1) is 0 Å². The number of hydrogen-bond acceptors (Lipinski definition) is 10. The third-order valence-corrected chi connectivity index (χ3v) is 3.29. The molecule has 2 heterocycles. The average molecular weight is 590 g/mol. The predicted molar refractivity (Wildman–Crippen MR) is 102 cm³/mol. The Morgan fingerprint density at radius 2 is 0.781 bits per heavy atom. The van der Waals surface area contributed by atoms with Gasteiger partial charge in [-0.05, 0) is 22.7 Å². The number of phosphoric acid groups is 4. The van der Waals surface area contributed by atoms with Crippen LogP contribution in [0, 0.1) is 0 Å². The molecule has 32 heavy (non-hydrogen) atoms. The number of thiazole rings is 2. The number of aromatic nitrogens is 2. The third-order valence-electron chi connectivity index (χ3n) is 1.37. The lowest BCUT2D eigenvalue weighted by Crippen LogP contribution is -2.01. The Hall–Kier alpha value is -0.700. The van der Waals surface area contributed by atoms with Gasteiger partial charge < -0.3 is 58.7 Å². The van der Waals surface area contributed by atoms with Crippen LogP contribution in [0.5, 0.6) is 0 Å². The second-order valence-electron chi connectivity index (χ2n) is 4.25. The molecular weight excluding hydrogens is 572 g/mol. The molecule has 0 unspecified atom stereocenters. The molecule has 2 rings (SSSR count). The summed E-state index contributed by atoms with van der Waals surface area (Å²) in [6, 6.07) is 0. The van der Waals surface area contributed by atoms with Gasteiger partial charge in [0.05, 0.1) is 9.75 Å². The van der Waals surface area contributed by atoms with Crippen molar-refractivity contribution in [1.82, 2.24) is 0 Å². The third kappa shape index (κ3) is 51.7. The van der Waals surface area contributed by atoms with E-state index in [4.69, 9.17) is 88.4 Å². The fourth-order valence-electron chi connectivity index (χ4n) is 0.871. The van der Waals surface area contributed by atoms with Gasteiger partial charge in [0.25, 0.3) is 15.6 Å². The first-order valence-corrected chi connectivity index (χ1v) is 14.2. The number of nitrogens with one attached hydrogen (secondary N) is 2. The highest BCUT2D eigenvalue weighted by Gasteiger charge is 2.10. The van der Waals surface area contributed by atoms with Crippen LogP contribution >= 0.6 is 54.0 Å². The molecule has 0 bridgehead atoms. The van der Waals surface area contributed by atoms with Crippen LogP contribution in [0.25, 0.3) is 9.75 Å². The first-order chi connectivity index (χ1) is 13.8. The molecule has 26 heteroatoms. The van der Waals surface area contributed by atoms with Crippen LogP contribution in [0.2, 0.25) is 0 Å². The number of aromatic amines is 2. The zero-order valence-corrected chi connectivity index (χ0v) is 20.0. The molecule has 0 aliphatic rings. The van der Waals surface area contributed by atoms with Crippen molar-refractivity contribution in [3.8, 4) is 9.75 Å². The van der Waals surface area contributed by atoms with E-state index in [9.17, 15) is 0 Å². The van der Waals surface area contributed by atoms with E-state index >= 15 is 0 Å². The fourth-order valence-corrected chi connectivity index (χ4v) is 2.39. The molecule has 0 aromatic carbocycles. The number of hydrogen-bond donors (Lipinski definition) is 12. The van der Waals surface area contributed by atoms with Gasteiger partial charge in [0.15, 0.2) is 0 Å². The molecule has 2 aromatic heterocycles. The molecule has 2 aromatic rings. The van der Waals surface area contributed by atoms with Gasteiger partial charge in [-0.25, -0.2) is 19.1 Å². The lowest BCUT2D eigenvalue weighted by Gasteiger charge is -2.01. The standard InChI is InChI=1S/C6H6N4S2.4H3O4P/c7-5-9-1-3(11-5)4-2-10-6(8)12-4;4*1-5(2,3)4/h1-2H,(H2,7,9)(H2,8,10);4*(H3,1,2,3,4). The van der Waals surface area contributed by atoms with E-state index in [-0.39, 0.29) is 0 Å². The zero-order chi connectivity index (χ0) is 26.6. The molecule has 0 amide bonds. The van der Waals surface area contributed by atoms with Gasteiger partial charge in [-0.1, -0.05) is 0 Å². The van der Waals surface area contributed by atoms with E-state index < -0.39 is 31.3 Å². The summed E-state index contributed by atoms with van der Waals surface area (Å²) in [5.41, 5.74) is 11.1. The molecule has 0 saturated heterocycles. The van der Waals surface area contributed by atoms with Crippen LogP contribution in [0.3, 0.4) is 0 Å². The lowest BCUT2D eigenvalue weighted by atomic mass is 10.5. The highest BCUT2D eigenvalue weighted by atomic mass is 32.1. The molecule has 190 valence electrons. The SMILES string of the molecule is Nc1[nH+]cc(-c2c[nH+]c(N)s2)s1.O=P(O)(O)O.O=P(O)(O)O.O=P([O-])(O)O.O=P([O-])(O)O. The summed E-state index contributed by atoms with van der Waals surface area (Å²) < 4.78 is 35.3. The Morgan fingerprint density at radius 3 is 0.875 bits per heavy atom. The lowest BCUT2D eigenvalue weighted by molar-refractivity contribution is -0.355. The summed E-state index contributed by atoms with van der Waals surface area (Å²) in [5.74, 6) is 0. The van der Waals surface area contributed by atoms with E-state index in [1.54, 1.807) is 0 Å². The summed E-state index contributed by atoms with van der Waals surface area (Å²) in [6.45, 7) is 0. The van der Waals surface area contributed by atoms with Crippen molar-refractivity contribution in [3.05, 3.63) is 12.4 Å². The maximum atomic E-state index is 8.88. The number of nitrogen functional groups attached to an aromatic ring is 2. The largest absolute Gasteiger partial charge is 0.756 e. The Bertz CT molecular complexity index is 820. The van der Waals surface area contributed by atoms with Gasteiger partial charge in [0.1, 0.15) is 12.4 Å². The molecule has 0 spiro atoms. The monoisotopic (exact) mass is 590 g/mol. The van der Waals surface area contributed by atoms with Crippen molar-refractivity contribution >= 4 is 64.2 Å². The summed E-state index contributed by atoms with van der Waals surface area (Å²) in [7, 11) is -19.1. The van der Waals surface area contributed by atoms with Gasteiger partial charge in [0, 0.05) is 0 Å². The highest BCUT2D eigenvalue weighted by Crippen LogP contribution is 2.29. The van der Waals surface area contributed by atoms with Crippen LogP contribution in [0.4, 0.5) is 10.3 Å². The first kappa shape index (κ1) is 35.9. The van der Waals surface area contributed by atoms with E-state index in [2.05, 4.69) is 9.97 Å². The fraction of sp³-hybridized carbons (Fsp3) is 0. The molecular formula is C6H18N4O16P4S2. The van der Waals surface area contributed by atoms with Crippen molar-refractivity contribution < 1.29 is 86.9 Å². The summed E-state index contributed by atoms with van der Waals surface area (Å²) in [5, 5.41) is 1.41. The van der Waals surface area contributed by atoms with Crippen molar-refractivity contribution in [2.75, 3.05) is 11.5 Å². The molecule has 20 nitrogen and oxygen atoms in total. The van der Waals surface area contributed by atoms with Gasteiger partial charge in [0.2, 0.25) is 0 Å². The van der Waals surface area contributed by atoms with E-state index in [1.807, 2.05) is 12.4 Å². The summed E-state index contributed by atoms with van der Waals surface area (Å²) in [6.07, 6.45) is 3.75. The van der Waals surface area contributed by atoms with Crippen LogP contribution in [-0.4, -0.2) is 48.9 Å². The predicted octanol–water partition coefficient (Wildman–Crippen LogP) is -4.71. The van der Waals surface area contributed by atoms with E-state index in [1.165, 1.54) is 22.7 Å². The van der Waals surface area contributed by atoms with Crippen molar-refractivity contribution in [2.24, 2.45) is 0 Å². The summed E-state index contributed by atoms with van der Waals surface area (Å²) >= 11 is 3.02. The molecule has 0 aliphatic heterocycles. The van der Waals surface area contributed by atoms with Crippen LogP contribution in [0.1, 0.15) is 0 Å². The van der Waals surface area contributed by atoms with E-state index in [0.717, 1.165) is 9.75 Å². The summed E-state index contributed by atoms with van der Waals surface area (Å²) in [4.78, 5) is 97.0. The minimum Gasteiger partial charge on any atom is -0.756 e. The van der Waals surface area contributed by atoms with Gasteiger partial charge in [-0.2, -0.15) is 0 Å². The second-order valence-corrected chi connectivity index (χ2v) is 10.4. The normalized spacial score (nSPS) is 11.2. The van der Waals surface area contributed by atoms with Gasteiger partial charge in [-0.3, -0.25) is 20.6 Å². The maximum Gasteiger partial charge on any atom is 0.466 e. The molecule has 0 radical (unpaired) electrons. The van der Waals surface area contributed by atoms with Gasteiger partial charge >= 0.3 is 25.9 Å². The number of H-pyrrole nitrogens is 2. The molecule has 0 aliphatic carbocycles. The number of rotatable bonds is 1. The number of nitrogens with two attached hydrogens (primary N) is 2. The minimum absolute atomic E-state index is 0.706. The Labute approximate surface area is 185 Å². The molecule has 0 saturated carbocycles. The smallest absolute Gasteiger partial charge is 0.466 e. The first-order valence-electron chi connectivity index (χ1n) is 6.39. The Morgan fingerprint density at radius 1 is 0.625 bits per heavy atom. The zero-order valence-electron chi connectivity index (χ0n) is 14.8. The van der Waals surface area contributed by atoms with Crippen LogP contribution in [-0.2, 0) is 18.3 Å². The van der Waals surface area contributed by atoms with Crippen molar-refractivity contribution in [3.63, 3.8) is 0 Å². The minimum atomic E-state index is -4.89. The van der Waals surface area contributed by atoms with Crippen molar-refractivity contribution in [1.29, 1.82) is 0 Å².